The van der Waals surface area contributed by atoms with E-state index in [9.17, 15) is 0 Å². The van der Waals surface area contributed by atoms with Crippen LogP contribution in [0.4, 0.5) is 10.7 Å². The molecule has 16 heavy (non-hydrogen) atoms. The third-order valence-electron chi connectivity index (χ3n) is 3.26. The van der Waals surface area contributed by atoms with Crippen molar-refractivity contribution >= 4 is 22.0 Å². The topological polar surface area (TPSA) is 53.0 Å². The summed E-state index contributed by atoms with van der Waals surface area (Å²) in [6.07, 6.45) is 3.82. The van der Waals surface area contributed by atoms with Gasteiger partial charge in [-0.05, 0) is 24.8 Å². The lowest BCUT2D eigenvalue weighted by Crippen LogP contribution is -2.34. The van der Waals surface area contributed by atoms with Crippen LogP contribution in [0.3, 0.4) is 0 Å². The van der Waals surface area contributed by atoms with Gasteiger partial charge in [0.2, 0.25) is 0 Å². The van der Waals surface area contributed by atoms with Gasteiger partial charge in [0.05, 0.1) is 10.7 Å². The van der Waals surface area contributed by atoms with Crippen LogP contribution in [0.2, 0.25) is 0 Å². The van der Waals surface area contributed by atoms with E-state index in [1.807, 2.05) is 6.07 Å². The van der Waals surface area contributed by atoms with Gasteiger partial charge in [0.25, 0.3) is 0 Å². The highest BCUT2D eigenvalue weighted by atomic mass is 32.1. The van der Waals surface area contributed by atoms with E-state index in [0.29, 0.717) is 10.6 Å². The summed E-state index contributed by atoms with van der Waals surface area (Å²) in [6, 6.07) is 4.09. The van der Waals surface area contributed by atoms with Gasteiger partial charge in [0, 0.05) is 13.1 Å². The van der Waals surface area contributed by atoms with Crippen molar-refractivity contribution in [2.24, 2.45) is 5.92 Å². The highest BCUT2D eigenvalue weighted by molar-refractivity contribution is 7.17. The minimum Gasteiger partial charge on any atom is -0.397 e. The SMILES string of the molecule is CCC1CCCN(c2cc(N)c(C#N)s2)C1. The number of nitriles is 1. The van der Waals surface area contributed by atoms with Crippen LogP contribution in [0.1, 0.15) is 31.1 Å². The van der Waals surface area contributed by atoms with Crippen LogP contribution in [-0.2, 0) is 0 Å². The van der Waals surface area contributed by atoms with E-state index in [2.05, 4.69) is 17.9 Å². The molecule has 1 aliphatic rings. The van der Waals surface area contributed by atoms with E-state index in [1.165, 1.54) is 30.6 Å². The van der Waals surface area contributed by atoms with Crippen LogP contribution in [0.15, 0.2) is 6.07 Å². The van der Waals surface area contributed by atoms with Crippen LogP contribution in [0.25, 0.3) is 0 Å². The Labute approximate surface area is 100 Å². The van der Waals surface area contributed by atoms with Gasteiger partial charge in [-0.2, -0.15) is 5.26 Å². The summed E-state index contributed by atoms with van der Waals surface area (Å²) in [4.78, 5) is 3.02. The van der Waals surface area contributed by atoms with Gasteiger partial charge in [-0.1, -0.05) is 13.3 Å². The maximum Gasteiger partial charge on any atom is 0.129 e. The van der Waals surface area contributed by atoms with Crippen molar-refractivity contribution in [2.75, 3.05) is 23.7 Å². The van der Waals surface area contributed by atoms with Gasteiger partial charge in [-0.3, -0.25) is 0 Å². The molecule has 3 nitrogen and oxygen atoms in total. The van der Waals surface area contributed by atoms with Crippen LogP contribution in [0, 0.1) is 17.2 Å². The van der Waals surface area contributed by atoms with Crippen molar-refractivity contribution in [2.45, 2.75) is 26.2 Å². The average molecular weight is 235 g/mol. The summed E-state index contributed by atoms with van der Waals surface area (Å²) >= 11 is 1.52. The predicted molar refractivity (Wildman–Crippen MR) is 68.7 cm³/mol. The first-order valence-corrected chi connectivity index (χ1v) is 6.60. The Hall–Kier alpha value is -1.21. The van der Waals surface area contributed by atoms with Crippen molar-refractivity contribution < 1.29 is 0 Å². The van der Waals surface area contributed by atoms with Crippen LogP contribution in [0.5, 0.6) is 0 Å². The summed E-state index contributed by atoms with van der Waals surface area (Å²) in [5, 5.41) is 10.0. The summed E-state index contributed by atoms with van der Waals surface area (Å²) in [7, 11) is 0. The minimum absolute atomic E-state index is 0.626. The fourth-order valence-electron chi connectivity index (χ4n) is 2.23. The fraction of sp³-hybridized carbons (Fsp3) is 0.583. The molecule has 4 heteroatoms. The van der Waals surface area contributed by atoms with E-state index < -0.39 is 0 Å². The number of hydrogen-bond acceptors (Lipinski definition) is 4. The second-order valence-electron chi connectivity index (χ2n) is 4.34. The number of piperidine rings is 1. The van der Waals surface area contributed by atoms with E-state index in [0.717, 1.165) is 24.0 Å². The number of anilines is 2. The smallest absolute Gasteiger partial charge is 0.129 e. The highest BCUT2D eigenvalue weighted by Gasteiger charge is 2.20. The largest absolute Gasteiger partial charge is 0.397 e. The molecule has 2 heterocycles. The molecule has 1 aromatic rings. The molecule has 86 valence electrons. The molecule has 1 atom stereocenters. The normalized spacial score (nSPS) is 20.8. The molecule has 1 saturated heterocycles. The Morgan fingerprint density at radius 2 is 2.50 bits per heavy atom. The molecule has 1 fully saturated rings. The molecule has 1 aromatic heterocycles. The second kappa shape index (κ2) is 4.75. The monoisotopic (exact) mass is 235 g/mol. The van der Waals surface area contributed by atoms with Crippen molar-refractivity contribution in [3.8, 4) is 6.07 Å². The van der Waals surface area contributed by atoms with E-state index in [1.54, 1.807) is 0 Å². The predicted octanol–water partition coefficient (Wildman–Crippen LogP) is 2.83. The van der Waals surface area contributed by atoms with Gasteiger partial charge < -0.3 is 10.6 Å². The average Bonchev–Trinajstić information content (AvgIpc) is 2.71. The number of thiophene rings is 1. The first-order valence-electron chi connectivity index (χ1n) is 5.79. The first-order chi connectivity index (χ1) is 7.74. The third kappa shape index (κ3) is 2.14. The lowest BCUT2D eigenvalue weighted by molar-refractivity contribution is 0.406. The number of nitrogen functional groups attached to an aromatic ring is 1. The van der Waals surface area contributed by atoms with E-state index >= 15 is 0 Å². The molecule has 0 radical (unpaired) electrons. The fourth-order valence-corrected chi connectivity index (χ4v) is 3.15. The summed E-state index contributed by atoms with van der Waals surface area (Å²) < 4.78 is 0. The quantitative estimate of drug-likeness (QED) is 0.857. The van der Waals surface area contributed by atoms with Gasteiger partial charge in [0.1, 0.15) is 10.9 Å². The zero-order valence-corrected chi connectivity index (χ0v) is 10.4. The van der Waals surface area contributed by atoms with Crippen LogP contribution in [-0.4, -0.2) is 13.1 Å². The summed E-state index contributed by atoms with van der Waals surface area (Å²) in [5.41, 5.74) is 6.41. The second-order valence-corrected chi connectivity index (χ2v) is 5.37. The van der Waals surface area contributed by atoms with Crippen LogP contribution < -0.4 is 10.6 Å². The Morgan fingerprint density at radius 1 is 1.69 bits per heavy atom. The first kappa shape index (κ1) is 11.3. The maximum atomic E-state index is 8.89. The van der Waals surface area contributed by atoms with E-state index in [-0.39, 0.29) is 0 Å². The van der Waals surface area contributed by atoms with Gasteiger partial charge in [0.15, 0.2) is 0 Å². The molecule has 2 N–H and O–H groups in total. The Balaban J connectivity index is 2.14. The van der Waals surface area contributed by atoms with Crippen molar-refractivity contribution in [3.05, 3.63) is 10.9 Å². The highest BCUT2D eigenvalue weighted by Crippen LogP contribution is 2.34. The lowest BCUT2D eigenvalue weighted by Gasteiger charge is -2.32. The number of nitrogens with zero attached hydrogens (tertiary/aromatic N) is 2. The standard InChI is InChI=1S/C12H17N3S/c1-2-9-4-3-5-15(8-9)12-6-10(14)11(7-13)16-12/h6,9H,2-5,8,14H2,1H3. The molecule has 2 rings (SSSR count). The molecule has 0 bridgehead atoms. The molecule has 1 aliphatic heterocycles. The molecule has 0 saturated carbocycles. The van der Waals surface area contributed by atoms with Crippen molar-refractivity contribution in [1.29, 1.82) is 5.26 Å². The summed E-state index contributed by atoms with van der Waals surface area (Å²) in [5.74, 6) is 0.794. The maximum absolute atomic E-state index is 8.89. The van der Waals surface area contributed by atoms with Crippen molar-refractivity contribution in [1.82, 2.24) is 0 Å². The van der Waals surface area contributed by atoms with Crippen molar-refractivity contribution in [3.63, 3.8) is 0 Å². The molecule has 0 spiro atoms. The summed E-state index contributed by atoms with van der Waals surface area (Å²) in [6.45, 7) is 4.46. The zero-order valence-electron chi connectivity index (χ0n) is 9.57. The molecule has 0 aromatic carbocycles. The molecular weight excluding hydrogens is 218 g/mol. The molecule has 0 aliphatic carbocycles. The Morgan fingerprint density at radius 3 is 3.12 bits per heavy atom. The van der Waals surface area contributed by atoms with Crippen LogP contribution >= 0.6 is 11.3 Å². The van der Waals surface area contributed by atoms with Gasteiger partial charge >= 0.3 is 0 Å². The minimum atomic E-state index is 0.626. The number of nitrogens with two attached hydrogens (primary N) is 1. The zero-order chi connectivity index (χ0) is 11.5. The van der Waals surface area contributed by atoms with Gasteiger partial charge in [-0.15, -0.1) is 11.3 Å². The van der Waals surface area contributed by atoms with E-state index in [4.69, 9.17) is 11.0 Å². The Kier molecular flexibility index (Phi) is 3.35. The third-order valence-corrected chi connectivity index (χ3v) is 4.37. The Bertz CT molecular complexity index is 405. The molecule has 1 unspecified atom stereocenters. The molecule has 0 amide bonds. The number of hydrogen-bond donors (Lipinski definition) is 1. The lowest BCUT2D eigenvalue weighted by atomic mass is 9.96. The number of rotatable bonds is 2. The van der Waals surface area contributed by atoms with Gasteiger partial charge in [-0.25, -0.2) is 0 Å². The molecular formula is C12H17N3S.